The molecule has 2 aromatic heterocycles. The van der Waals surface area contributed by atoms with Crippen LogP contribution in [-0.4, -0.2) is 29.1 Å². The Morgan fingerprint density at radius 2 is 2.00 bits per heavy atom. The van der Waals surface area contributed by atoms with Gasteiger partial charge in [-0.1, -0.05) is 11.3 Å². The monoisotopic (exact) mass is 396 g/mol. The van der Waals surface area contributed by atoms with Crippen molar-refractivity contribution >= 4 is 39.2 Å². The first kappa shape index (κ1) is 17.5. The summed E-state index contributed by atoms with van der Waals surface area (Å²) in [6.07, 6.45) is 1.94. The molecule has 0 unspecified atom stereocenters. The third kappa shape index (κ3) is 3.25. The van der Waals surface area contributed by atoms with Crippen molar-refractivity contribution in [1.82, 2.24) is 9.38 Å². The summed E-state index contributed by atoms with van der Waals surface area (Å²) >= 11 is 1.35. The van der Waals surface area contributed by atoms with Crippen LogP contribution >= 0.6 is 28.3 Å². The predicted molar refractivity (Wildman–Crippen MR) is 96.1 cm³/mol. The van der Waals surface area contributed by atoms with E-state index in [0.29, 0.717) is 11.5 Å². The quantitative estimate of drug-likeness (QED) is 0.621. The van der Waals surface area contributed by atoms with Crippen molar-refractivity contribution in [3.63, 3.8) is 0 Å². The summed E-state index contributed by atoms with van der Waals surface area (Å²) in [5.41, 5.74) is 2.73. The van der Waals surface area contributed by atoms with E-state index in [0.717, 1.165) is 27.7 Å². The van der Waals surface area contributed by atoms with E-state index in [4.69, 9.17) is 9.47 Å². The molecule has 0 fully saturated rings. The van der Waals surface area contributed by atoms with Gasteiger partial charge in [0, 0.05) is 17.5 Å². The molecule has 0 bridgehead atoms. The fraction of sp³-hybridized carbons (Fsp3) is 0.250. The number of aryl methyl sites for hydroxylation is 1. The Morgan fingerprint density at radius 1 is 1.30 bits per heavy atom. The van der Waals surface area contributed by atoms with Crippen molar-refractivity contribution < 1.29 is 14.3 Å². The number of nitrogens with zero attached hydrogens (tertiary/aromatic N) is 2. The van der Waals surface area contributed by atoms with Gasteiger partial charge in [0.1, 0.15) is 10.6 Å². The van der Waals surface area contributed by atoms with Gasteiger partial charge >= 0.3 is 5.97 Å². The molecule has 0 saturated heterocycles. The molecule has 0 aliphatic heterocycles. The summed E-state index contributed by atoms with van der Waals surface area (Å²) in [6, 6.07) is 7.74. The minimum absolute atomic E-state index is 0. The van der Waals surface area contributed by atoms with Gasteiger partial charge in [-0.2, -0.15) is 0 Å². The third-order valence-corrected chi connectivity index (χ3v) is 4.54. The van der Waals surface area contributed by atoms with E-state index in [9.17, 15) is 4.79 Å². The van der Waals surface area contributed by atoms with Crippen molar-refractivity contribution in [2.24, 2.45) is 0 Å². The van der Waals surface area contributed by atoms with E-state index in [-0.39, 0.29) is 23.0 Å². The highest BCUT2D eigenvalue weighted by molar-refractivity contribution is 8.93. The van der Waals surface area contributed by atoms with Gasteiger partial charge in [-0.3, -0.25) is 4.40 Å². The highest BCUT2D eigenvalue weighted by Crippen LogP contribution is 2.28. The SMILES string of the molecule is Br.CCOC(=O)c1sc2nc(-c3ccc(OC)cc3)cn2c1C. The number of halogens is 1. The maximum atomic E-state index is 11.9. The molecule has 3 aromatic rings. The second-order valence-electron chi connectivity index (χ2n) is 4.74. The van der Waals surface area contributed by atoms with Crippen molar-refractivity contribution in [3.05, 3.63) is 41.0 Å². The van der Waals surface area contributed by atoms with Crippen LogP contribution in [0.2, 0.25) is 0 Å². The van der Waals surface area contributed by atoms with E-state index in [2.05, 4.69) is 4.98 Å². The molecule has 5 nitrogen and oxygen atoms in total. The molecule has 0 N–H and O–H groups in total. The van der Waals surface area contributed by atoms with E-state index in [1.54, 1.807) is 14.0 Å². The molecule has 23 heavy (non-hydrogen) atoms. The molecule has 0 aliphatic carbocycles. The number of thiazole rings is 1. The molecular formula is C16H17BrN2O3S. The van der Waals surface area contributed by atoms with Crippen LogP contribution in [0.3, 0.4) is 0 Å². The maximum absolute atomic E-state index is 11.9. The molecule has 0 radical (unpaired) electrons. The number of fused-ring (bicyclic) bond motifs is 1. The Hall–Kier alpha value is -1.86. The van der Waals surface area contributed by atoms with Gasteiger partial charge in [-0.25, -0.2) is 9.78 Å². The van der Waals surface area contributed by atoms with E-state index < -0.39 is 0 Å². The second kappa shape index (κ2) is 7.14. The Labute approximate surface area is 148 Å². The molecule has 122 valence electrons. The predicted octanol–water partition coefficient (Wildman–Crippen LogP) is 4.13. The topological polar surface area (TPSA) is 52.8 Å². The fourth-order valence-electron chi connectivity index (χ4n) is 2.24. The highest BCUT2D eigenvalue weighted by atomic mass is 79.9. The van der Waals surface area contributed by atoms with Crippen LogP contribution in [-0.2, 0) is 4.74 Å². The van der Waals surface area contributed by atoms with E-state index in [1.165, 1.54) is 11.3 Å². The Morgan fingerprint density at radius 3 is 2.57 bits per heavy atom. The number of methoxy groups -OCH3 is 1. The van der Waals surface area contributed by atoms with Crippen LogP contribution in [0.25, 0.3) is 16.2 Å². The molecule has 2 heterocycles. The maximum Gasteiger partial charge on any atom is 0.350 e. The number of hydrogen-bond acceptors (Lipinski definition) is 5. The molecule has 7 heteroatoms. The van der Waals surface area contributed by atoms with Gasteiger partial charge in [-0.15, -0.1) is 17.0 Å². The minimum Gasteiger partial charge on any atom is -0.497 e. The lowest BCUT2D eigenvalue weighted by Gasteiger charge is -2.01. The lowest BCUT2D eigenvalue weighted by Crippen LogP contribution is -2.04. The molecule has 0 saturated carbocycles. The van der Waals surface area contributed by atoms with Gasteiger partial charge in [0.05, 0.1) is 19.4 Å². The van der Waals surface area contributed by atoms with Crippen LogP contribution in [0.1, 0.15) is 22.3 Å². The second-order valence-corrected chi connectivity index (χ2v) is 5.72. The number of esters is 1. The number of ether oxygens (including phenoxy) is 2. The number of hydrogen-bond donors (Lipinski definition) is 0. The van der Waals surface area contributed by atoms with Crippen molar-refractivity contribution in [2.45, 2.75) is 13.8 Å². The van der Waals surface area contributed by atoms with Crippen molar-refractivity contribution in [3.8, 4) is 17.0 Å². The van der Waals surface area contributed by atoms with Gasteiger partial charge in [0.25, 0.3) is 0 Å². The molecule has 0 spiro atoms. The van der Waals surface area contributed by atoms with Crippen LogP contribution < -0.4 is 4.74 Å². The zero-order chi connectivity index (χ0) is 15.7. The highest BCUT2D eigenvalue weighted by Gasteiger charge is 2.18. The number of rotatable bonds is 4. The van der Waals surface area contributed by atoms with Crippen molar-refractivity contribution in [2.75, 3.05) is 13.7 Å². The largest absolute Gasteiger partial charge is 0.497 e. The average Bonchev–Trinajstić information content (AvgIpc) is 3.08. The van der Waals surface area contributed by atoms with Crippen LogP contribution in [0.4, 0.5) is 0 Å². The summed E-state index contributed by atoms with van der Waals surface area (Å²) < 4.78 is 12.1. The molecule has 3 rings (SSSR count). The first-order chi connectivity index (χ1) is 10.6. The van der Waals surface area contributed by atoms with Gasteiger partial charge in [0.2, 0.25) is 0 Å². The molecule has 1 aromatic carbocycles. The zero-order valence-corrected chi connectivity index (χ0v) is 15.6. The molecule has 0 amide bonds. The fourth-order valence-corrected chi connectivity index (χ4v) is 3.24. The Kier molecular flexibility index (Phi) is 5.43. The Bertz CT molecular complexity index is 824. The lowest BCUT2D eigenvalue weighted by atomic mass is 10.2. The normalized spacial score (nSPS) is 10.4. The van der Waals surface area contributed by atoms with Crippen LogP contribution in [0.15, 0.2) is 30.5 Å². The van der Waals surface area contributed by atoms with Crippen molar-refractivity contribution in [1.29, 1.82) is 0 Å². The number of carbonyl (C=O) groups excluding carboxylic acids is 1. The van der Waals surface area contributed by atoms with E-state index >= 15 is 0 Å². The summed E-state index contributed by atoms with van der Waals surface area (Å²) in [4.78, 5) is 17.9. The van der Waals surface area contributed by atoms with Crippen LogP contribution in [0.5, 0.6) is 5.75 Å². The third-order valence-electron chi connectivity index (χ3n) is 3.40. The summed E-state index contributed by atoms with van der Waals surface area (Å²) in [6.45, 7) is 4.07. The zero-order valence-electron chi connectivity index (χ0n) is 13.0. The smallest absolute Gasteiger partial charge is 0.350 e. The average molecular weight is 397 g/mol. The summed E-state index contributed by atoms with van der Waals surface area (Å²) in [7, 11) is 1.64. The van der Waals surface area contributed by atoms with Gasteiger partial charge < -0.3 is 9.47 Å². The van der Waals surface area contributed by atoms with E-state index in [1.807, 2.05) is 41.8 Å². The summed E-state index contributed by atoms with van der Waals surface area (Å²) in [5, 5.41) is 0. The first-order valence-electron chi connectivity index (χ1n) is 6.94. The molecule has 0 aliphatic rings. The standard InChI is InChI=1S/C16H16N2O3S.BrH/c1-4-21-15(19)14-10(2)18-9-13(17-16(18)22-14)11-5-7-12(20-3)8-6-11;/h5-9H,4H2,1-3H3;1H. The number of aromatic nitrogens is 2. The van der Waals surface area contributed by atoms with Gasteiger partial charge in [-0.05, 0) is 38.1 Å². The number of benzene rings is 1. The lowest BCUT2D eigenvalue weighted by molar-refractivity contribution is 0.0531. The minimum atomic E-state index is -0.290. The Balaban J connectivity index is 0.00000192. The van der Waals surface area contributed by atoms with Gasteiger partial charge in [0.15, 0.2) is 4.96 Å². The molecule has 0 atom stereocenters. The molecular weight excluding hydrogens is 380 g/mol. The number of carbonyl (C=O) groups is 1. The van der Waals surface area contributed by atoms with Crippen LogP contribution in [0, 0.1) is 6.92 Å². The first-order valence-corrected chi connectivity index (χ1v) is 7.75. The number of imidazole rings is 1. The summed E-state index contributed by atoms with van der Waals surface area (Å²) in [5.74, 6) is 0.520.